The summed E-state index contributed by atoms with van der Waals surface area (Å²) >= 11 is 5.80. The van der Waals surface area contributed by atoms with Crippen molar-refractivity contribution in [1.29, 1.82) is 0 Å². The number of pyridine rings is 2. The fourth-order valence-electron chi connectivity index (χ4n) is 2.57. The first-order valence-electron chi connectivity index (χ1n) is 7.58. The fraction of sp³-hybridized carbons (Fsp3) is 0.167. The summed E-state index contributed by atoms with van der Waals surface area (Å²) in [4.78, 5) is 28.8. The first kappa shape index (κ1) is 17.1. The molecule has 0 amide bonds. The van der Waals surface area contributed by atoms with Crippen LogP contribution in [0, 0.1) is 12.7 Å². The normalized spacial score (nSPS) is 10.9. The molecule has 3 rings (SSSR count). The van der Waals surface area contributed by atoms with Crippen LogP contribution in [0.5, 0.6) is 0 Å². The van der Waals surface area contributed by atoms with Gasteiger partial charge in [-0.15, -0.1) is 0 Å². The van der Waals surface area contributed by atoms with Gasteiger partial charge in [0.05, 0.1) is 12.0 Å². The standard InChI is InChI=1S/C18H14ClFN2O3/c1-3-25-18(24)12-9-22(14-7-5-4-6-10(14)2)17-11(15(12)23)8-13(20)16(19)21-17/h4-9H,3H2,1-2H3. The third kappa shape index (κ3) is 3.00. The summed E-state index contributed by atoms with van der Waals surface area (Å²) < 4.78 is 20.3. The van der Waals surface area contributed by atoms with Crippen molar-refractivity contribution < 1.29 is 13.9 Å². The van der Waals surface area contributed by atoms with Crippen molar-refractivity contribution in [2.24, 2.45) is 0 Å². The van der Waals surface area contributed by atoms with Crippen LogP contribution in [0.2, 0.25) is 5.15 Å². The average molecular weight is 361 g/mol. The second kappa shape index (κ2) is 6.64. The molecule has 1 aromatic carbocycles. The van der Waals surface area contributed by atoms with Crippen LogP contribution in [0.1, 0.15) is 22.8 Å². The molecule has 0 unspecified atom stereocenters. The summed E-state index contributed by atoms with van der Waals surface area (Å²) in [6, 6.07) is 8.32. The molecule has 0 saturated heterocycles. The number of aryl methyl sites for hydroxylation is 1. The second-order valence-corrected chi connectivity index (χ2v) is 5.74. The minimum atomic E-state index is -0.830. The van der Waals surface area contributed by atoms with Gasteiger partial charge in [-0.25, -0.2) is 14.2 Å². The Morgan fingerprint density at radius 3 is 2.76 bits per heavy atom. The van der Waals surface area contributed by atoms with E-state index in [1.165, 1.54) is 6.20 Å². The van der Waals surface area contributed by atoms with Gasteiger partial charge in [-0.1, -0.05) is 29.8 Å². The molecule has 5 nitrogen and oxygen atoms in total. The van der Waals surface area contributed by atoms with E-state index in [0.29, 0.717) is 5.69 Å². The van der Waals surface area contributed by atoms with Gasteiger partial charge in [-0.3, -0.25) is 9.36 Å². The Labute approximate surface area is 147 Å². The molecule has 0 aliphatic carbocycles. The number of halogens is 2. The maximum Gasteiger partial charge on any atom is 0.343 e. The van der Waals surface area contributed by atoms with Crippen LogP contribution in [0.4, 0.5) is 4.39 Å². The van der Waals surface area contributed by atoms with Crippen LogP contribution in [-0.4, -0.2) is 22.1 Å². The van der Waals surface area contributed by atoms with Crippen molar-refractivity contribution in [2.75, 3.05) is 6.61 Å². The summed E-state index contributed by atoms with van der Waals surface area (Å²) in [5.74, 6) is -1.60. The highest BCUT2D eigenvalue weighted by atomic mass is 35.5. The van der Waals surface area contributed by atoms with E-state index in [1.54, 1.807) is 23.6 Å². The first-order valence-corrected chi connectivity index (χ1v) is 7.96. The maximum atomic E-state index is 13.9. The van der Waals surface area contributed by atoms with Gasteiger partial charge < -0.3 is 4.74 Å². The van der Waals surface area contributed by atoms with Crippen molar-refractivity contribution in [3.05, 3.63) is 68.8 Å². The molecule has 0 saturated carbocycles. The zero-order valence-corrected chi connectivity index (χ0v) is 14.3. The van der Waals surface area contributed by atoms with Gasteiger partial charge in [0.1, 0.15) is 11.2 Å². The predicted molar refractivity (Wildman–Crippen MR) is 93.0 cm³/mol. The number of fused-ring (bicyclic) bond motifs is 1. The third-order valence-corrected chi connectivity index (χ3v) is 4.02. The van der Waals surface area contributed by atoms with Crippen LogP contribution in [-0.2, 0) is 4.74 Å². The summed E-state index contributed by atoms with van der Waals surface area (Å²) in [5.41, 5.74) is 0.888. The molecule has 7 heteroatoms. The number of rotatable bonds is 3. The molecule has 0 fully saturated rings. The number of ether oxygens (including phenoxy) is 1. The number of hydrogen-bond donors (Lipinski definition) is 0. The molecular formula is C18H14ClFN2O3. The third-order valence-electron chi connectivity index (χ3n) is 3.76. The fourth-order valence-corrected chi connectivity index (χ4v) is 2.71. The number of para-hydroxylation sites is 1. The van der Waals surface area contributed by atoms with Gasteiger partial charge in [0.15, 0.2) is 11.0 Å². The molecule has 0 bridgehead atoms. The number of nitrogens with zero attached hydrogens (tertiary/aromatic N) is 2. The minimum Gasteiger partial charge on any atom is -0.462 e. The van der Waals surface area contributed by atoms with Crippen LogP contribution in [0.25, 0.3) is 16.7 Å². The number of aromatic nitrogens is 2. The van der Waals surface area contributed by atoms with Gasteiger partial charge in [0, 0.05) is 11.9 Å². The number of hydrogen-bond acceptors (Lipinski definition) is 4. The summed E-state index contributed by atoms with van der Waals surface area (Å²) in [6.07, 6.45) is 1.35. The van der Waals surface area contributed by atoms with Crippen molar-refractivity contribution in [3.63, 3.8) is 0 Å². The van der Waals surface area contributed by atoms with E-state index in [9.17, 15) is 14.0 Å². The van der Waals surface area contributed by atoms with Crippen LogP contribution >= 0.6 is 11.6 Å². The highest BCUT2D eigenvalue weighted by Crippen LogP contribution is 2.22. The average Bonchev–Trinajstić information content (AvgIpc) is 2.58. The molecule has 2 aromatic heterocycles. The predicted octanol–water partition coefficient (Wildman–Crippen LogP) is 3.66. The lowest BCUT2D eigenvalue weighted by Crippen LogP contribution is -2.21. The molecule has 0 spiro atoms. The van der Waals surface area contributed by atoms with Crippen LogP contribution in [0.3, 0.4) is 0 Å². The Balaban J connectivity index is 2.44. The van der Waals surface area contributed by atoms with Crippen LogP contribution < -0.4 is 5.43 Å². The summed E-state index contributed by atoms with van der Waals surface area (Å²) in [5, 5.41) is -0.395. The number of benzene rings is 1. The number of carbonyl (C=O) groups excluding carboxylic acids is 1. The molecule has 2 heterocycles. The highest BCUT2D eigenvalue weighted by molar-refractivity contribution is 6.29. The highest BCUT2D eigenvalue weighted by Gasteiger charge is 2.20. The van der Waals surface area contributed by atoms with E-state index in [0.717, 1.165) is 11.6 Å². The zero-order valence-electron chi connectivity index (χ0n) is 13.5. The van der Waals surface area contributed by atoms with Gasteiger partial charge in [-0.2, -0.15) is 0 Å². The number of carbonyl (C=O) groups is 1. The topological polar surface area (TPSA) is 61.2 Å². The zero-order chi connectivity index (χ0) is 18.1. The van der Waals surface area contributed by atoms with E-state index >= 15 is 0 Å². The van der Waals surface area contributed by atoms with Gasteiger partial charge >= 0.3 is 5.97 Å². The Kier molecular flexibility index (Phi) is 4.55. The molecule has 25 heavy (non-hydrogen) atoms. The summed E-state index contributed by atoms with van der Waals surface area (Å²) in [7, 11) is 0. The van der Waals surface area contributed by atoms with E-state index in [2.05, 4.69) is 4.98 Å². The number of esters is 1. The molecular weight excluding hydrogens is 347 g/mol. The Bertz CT molecular complexity index is 1050. The first-order chi connectivity index (χ1) is 11.9. The molecule has 0 aliphatic rings. The Morgan fingerprint density at radius 2 is 2.08 bits per heavy atom. The molecule has 0 N–H and O–H groups in total. The SMILES string of the molecule is CCOC(=O)c1cn(-c2ccccc2C)c2nc(Cl)c(F)cc2c1=O. The van der Waals surface area contributed by atoms with Crippen molar-refractivity contribution >= 4 is 28.6 Å². The molecule has 3 aromatic rings. The van der Waals surface area contributed by atoms with Crippen molar-refractivity contribution in [3.8, 4) is 5.69 Å². The van der Waals surface area contributed by atoms with Gasteiger partial charge in [0.2, 0.25) is 5.43 Å². The van der Waals surface area contributed by atoms with E-state index in [4.69, 9.17) is 16.3 Å². The molecule has 128 valence electrons. The second-order valence-electron chi connectivity index (χ2n) is 5.38. The largest absolute Gasteiger partial charge is 0.462 e. The lowest BCUT2D eigenvalue weighted by molar-refractivity contribution is 0.0524. The van der Waals surface area contributed by atoms with Crippen molar-refractivity contribution in [2.45, 2.75) is 13.8 Å². The minimum absolute atomic E-state index is 0.0456. The van der Waals surface area contributed by atoms with Gasteiger partial charge in [-0.05, 0) is 31.5 Å². The van der Waals surface area contributed by atoms with Crippen molar-refractivity contribution in [1.82, 2.24) is 9.55 Å². The molecule has 0 radical (unpaired) electrons. The quantitative estimate of drug-likeness (QED) is 0.528. The Morgan fingerprint density at radius 1 is 1.36 bits per heavy atom. The Hall–Kier alpha value is -2.73. The molecule has 0 atom stereocenters. The molecule has 0 aliphatic heterocycles. The van der Waals surface area contributed by atoms with E-state index in [1.807, 2.05) is 19.1 Å². The summed E-state index contributed by atoms with van der Waals surface area (Å²) in [6.45, 7) is 3.63. The smallest absolute Gasteiger partial charge is 0.343 e. The van der Waals surface area contributed by atoms with Gasteiger partial charge in [0.25, 0.3) is 0 Å². The van der Waals surface area contributed by atoms with E-state index in [-0.39, 0.29) is 28.4 Å². The van der Waals surface area contributed by atoms with Crippen LogP contribution in [0.15, 0.2) is 41.3 Å². The lowest BCUT2D eigenvalue weighted by Gasteiger charge is -2.14. The van der Waals surface area contributed by atoms with E-state index < -0.39 is 17.2 Å². The monoisotopic (exact) mass is 360 g/mol. The maximum absolute atomic E-state index is 13.9. The lowest BCUT2D eigenvalue weighted by atomic mass is 10.1.